The largest absolute Gasteiger partial charge is 0.434 e. The van der Waals surface area contributed by atoms with Gasteiger partial charge in [0.25, 0.3) is 0 Å². The second-order valence-corrected chi connectivity index (χ2v) is 3.32. The highest BCUT2D eigenvalue weighted by atomic mass is 127. The fourth-order valence-corrected chi connectivity index (χ4v) is 1.52. The van der Waals surface area contributed by atoms with E-state index in [0.717, 1.165) is 0 Å². The SMILES string of the molecule is Fc1ccccc1-c1nc2ncccc2o1.I. The average Bonchev–Trinajstić information content (AvgIpc) is 2.73. The van der Waals surface area contributed by atoms with Crippen LogP contribution in [0.15, 0.2) is 47.0 Å². The lowest BCUT2D eigenvalue weighted by atomic mass is 10.2. The van der Waals surface area contributed by atoms with Gasteiger partial charge in [0.2, 0.25) is 5.89 Å². The Hall–Kier alpha value is -1.50. The number of hydrogen-bond acceptors (Lipinski definition) is 3. The summed E-state index contributed by atoms with van der Waals surface area (Å²) in [4.78, 5) is 8.16. The van der Waals surface area contributed by atoms with Gasteiger partial charge in [0.05, 0.1) is 5.56 Å². The van der Waals surface area contributed by atoms with Gasteiger partial charge in [-0.25, -0.2) is 9.37 Å². The standard InChI is InChI=1S/C12H7FN2O.HI/c13-9-5-2-1-4-8(9)12-15-11-10(16-12)6-3-7-14-11;/h1-7H;1H. The number of fused-ring (bicyclic) bond motifs is 1. The summed E-state index contributed by atoms with van der Waals surface area (Å²) in [5.74, 6) is -0.0964. The molecule has 1 aromatic carbocycles. The molecule has 3 rings (SSSR count). The first kappa shape index (κ1) is 12.0. The molecule has 86 valence electrons. The van der Waals surface area contributed by atoms with Crippen LogP contribution in [0, 0.1) is 5.82 Å². The van der Waals surface area contributed by atoms with Gasteiger partial charge in [-0.1, -0.05) is 12.1 Å². The van der Waals surface area contributed by atoms with Crippen molar-refractivity contribution in [3.8, 4) is 11.5 Å². The Labute approximate surface area is 114 Å². The van der Waals surface area contributed by atoms with Crippen molar-refractivity contribution in [3.63, 3.8) is 0 Å². The lowest BCUT2D eigenvalue weighted by molar-refractivity contribution is 0.593. The highest BCUT2D eigenvalue weighted by molar-refractivity contribution is 14.0. The van der Waals surface area contributed by atoms with E-state index in [0.29, 0.717) is 16.8 Å². The van der Waals surface area contributed by atoms with Gasteiger partial charge in [-0.3, -0.25) is 0 Å². The van der Waals surface area contributed by atoms with Crippen molar-refractivity contribution >= 4 is 35.2 Å². The minimum atomic E-state index is -0.353. The van der Waals surface area contributed by atoms with Crippen LogP contribution in [-0.4, -0.2) is 9.97 Å². The Morgan fingerprint density at radius 2 is 1.88 bits per heavy atom. The van der Waals surface area contributed by atoms with E-state index in [2.05, 4.69) is 9.97 Å². The maximum Gasteiger partial charge on any atom is 0.231 e. The van der Waals surface area contributed by atoms with Crippen molar-refractivity contribution in [3.05, 3.63) is 48.4 Å². The van der Waals surface area contributed by atoms with Crippen LogP contribution in [0.25, 0.3) is 22.7 Å². The number of rotatable bonds is 1. The zero-order chi connectivity index (χ0) is 11.0. The number of hydrogen-bond donors (Lipinski definition) is 0. The first-order chi connectivity index (χ1) is 7.84. The van der Waals surface area contributed by atoms with Crippen LogP contribution in [0.5, 0.6) is 0 Å². The quantitative estimate of drug-likeness (QED) is 0.634. The summed E-state index contributed by atoms with van der Waals surface area (Å²) >= 11 is 0. The predicted octanol–water partition coefficient (Wildman–Crippen LogP) is 3.65. The maximum atomic E-state index is 13.5. The molecule has 0 spiro atoms. The summed E-state index contributed by atoms with van der Waals surface area (Å²) in [7, 11) is 0. The van der Waals surface area contributed by atoms with E-state index in [4.69, 9.17) is 4.42 Å². The number of oxazole rings is 1. The van der Waals surface area contributed by atoms with Crippen molar-refractivity contribution in [2.24, 2.45) is 0 Å². The maximum absolute atomic E-state index is 13.5. The smallest absolute Gasteiger partial charge is 0.231 e. The van der Waals surface area contributed by atoms with Crippen molar-refractivity contribution in [2.75, 3.05) is 0 Å². The van der Waals surface area contributed by atoms with Crippen LogP contribution >= 0.6 is 24.0 Å². The molecule has 0 unspecified atom stereocenters. The fraction of sp³-hybridized carbons (Fsp3) is 0. The Balaban J connectivity index is 0.00000108. The zero-order valence-electron chi connectivity index (χ0n) is 8.63. The van der Waals surface area contributed by atoms with Crippen LogP contribution in [0.1, 0.15) is 0 Å². The van der Waals surface area contributed by atoms with Gasteiger partial charge >= 0.3 is 0 Å². The summed E-state index contributed by atoms with van der Waals surface area (Å²) in [6.07, 6.45) is 1.62. The molecule has 0 saturated carbocycles. The number of benzene rings is 1. The monoisotopic (exact) mass is 342 g/mol. The Morgan fingerprint density at radius 3 is 2.65 bits per heavy atom. The van der Waals surface area contributed by atoms with Gasteiger partial charge < -0.3 is 4.42 Å². The summed E-state index contributed by atoms with van der Waals surface area (Å²) in [6.45, 7) is 0. The molecule has 2 heterocycles. The minimum absolute atomic E-state index is 0. The van der Waals surface area contributed by atoms with E-state index in [1.165, 1.54) is 6.07 Å². The molecule has 0 saturated heterocycles. The fourth-order valence-electron chi connectivity index (χ4n) is 1.52. The van der Waals surface area contributed by atoms with Gasteiger partial charge in [-0.15, -0.1) is 24.0 Å². The van der Waals surface area contributed by atoms with Crippen molar-refractivity contribution in [1.29, 1.82) is 0 Å². The van der Waals surface area contributed by atoms with Gasteiger partial charge in [-0.05, 0) is 24.3 Å². The molecule has 0 aliphatic heterocycles. The molecule has 2 aromatic heterocycles. The molecule has 3 aromatic rings. The van der Waals surface area contributed by atoms with Crippen LogP contribution in [-0.2, 0) is 0 Å². The highest BCUT2D eigenvalue weighted by Gasteiger charge is 2.11. The van der Waals surface area contributed by atoms with Gasteiger partial charge in [0.1, 0.15) is 5.82 Å². The number of aromatic nitrogens is 2. The normalized spacial score (nSPS) is 10.2. The first-order valence-corrected chi connectivity index (χ1v) is 4.81. The number of halogens is 2. The lowest BCUT2D eigenvalue weighted by Gasteiger charge is -1.95. The summed E-state index contributed by atoms with van der Waals surface area (Å²) in [6, 6.07) is 9.86. The van der Waals surface area contributed by atoms with Crippen LogP contribution in [0.3, 0.4) is 0 Å². The van der Waals surface area contributed by atoms with E-state index in [1.807, 2.05) is 0 Å². The third-order valence-electron chi connectivity index (χ3n) is 2.27. The van der Waals surface area contributed by atoms with Gasteiger partial charge in [-0.2, -0.15) is 4.98 Å². The Bertz CT molecular complexity index is 621. The molecule has 0 bridgehead atoms. The molecule has 0 fully saturated rings. The van der Waals surface area contributed by atoms with E-state index in [1.54, 1.807) is 36.5 Å². The molecule has 0 amide bonds. The third-order valence-corrected chi connectivity index (χ3v) is 2.27. The Kier molecular flexibility index (Phi) is 3.37. The molecule has 3 nitrogen and oxygen atoms in total. The zero-order valence-corrected chi connectivity index (χ0v) is 11.0. The average molecular weight is 342 g/mol. The van der Waals surface area contributed by atoms with Gasteiger partial charge in [0, 0.05) is 6.20 Å². The molecule has 0 aliphatic rings. The Morgan fingerprint density at radius 1 is 1.06 bits per heavy atom. The number of pyridine rings is 1. The topological polar surface area (TPSA) is 38.9 Å². The highest BCUT2D eigenvalue weighted by Crippen LogP contribution is 2.24. The molecule has 17 heavy (non-hydrogen) atoms. The molecule has 0 N–H and O–H groups in total. The molecular weight excluding hydrogens is 334 g/mol. The molecule has 0 aliphatic carbocycles. The predicted molar refractivity (Wildman–Crippen MR) is 72.6 cm³/mol. The molecular formula is C12H8FIN2O. The van der Waals surface area contributed by atoms with Crippen molar-refractivity contribution in [1.82, 2.24) is 9.97 Å². The van der Waals surface area contributed by atoms with Gasteiger partial charge in [0.15, 0.2) is 11.2 Å². The van der Waals surface area contributed by atoms with Crippen molar-refractivity contribution in [2.45, 2.75) is 0 Å². The molecule has 5 heteroatoms. The van der Waals surface area contributed by atoms with Crippen molar-refractivity contribution < 1.29 is 8.81 Å². The third kappa shape index (κ3) is 2.14. The van der Waals surface area contributed by atoms with Crippen LogP contribution in [0.4, 0.5) is 4.39 Å². The molecule has 0 radical (unpaired) electrons. The van der Waals surface area contributed by atoms with E-state index in [-0.39, 0.29) is 35.7 Å². The minimum Gasteiger partial charge on any atom is -0.434 e. The summed E-state index contributed by atoms with van der Waals surface area (Å²) < 4.78 is 18.9. The van der Waals surface area contributed by atoms with Crippen LogP contribution in [0.2, 0.25) is 0 Å². The number of nitrogens with zero attached hydrogens (tertiary/aromatic N) is 2. The van der Waals surface area contributed by atoms with E-state index >= 15 is 0 Å². The van der Waals surface area contributed by atoms with E-state index in [9.17, 15) is 4.39 Å². The van der Waals surface area contributed by atoms with Crippen LogP contribution < -0.4 is 0 Å². The second-order valence-electron chi connectivity index (χ2n) is 3.32. The lowest BCUT2D eigenvalue weighted by Crippen LogP contribution is -1.82. The van der Waals surface area contributed by atoms with E-state index < -0.39 is 0 Å². The first-order valence-electron chi connectivity index (χ1n) is 4.81. The summed E-state index contributed by atoms with van der Waals surface area (Å²) in [5, 5.41) is 0. The second kappa shape index (κ2) is 4.79. The summed E-state index contributed by atoms with van der Waals surface area (Å²) in [5.41, 5.74) is 1.39. The molecule has 0 atom stereocenters.